The lowest BCUT2D eigenvalue weighted by Crippen LogP contribution is -2.47. The van der Waals surface area contributed by atoms with Crippen LogP contribution in [-0.4, -0.2) is 28.9 Å². The monoisotopic (exact) mass is 227 g/mol. The summed E-state index contributed by atoms with van der Waals surface area (Å²) < 4.78 is 5.39. The van der Waals surface area contributed by atoms with Crippen LogP contribution < -0.4 is 0 Å². The lowest BCUT2D eigenvalue weighted by atomic mass is 9.79. The molecule has 0 bridgehead atoms. The maximum Gasteiger partial charge on any atom is 0.0956 e. The van der Waals surface area contributed by atoms with Crippen LogP contribution in [0.25, 0.3) is 0 Å². The number of nitrogens with zero attached hydrogens (tertiary/aromatic N) is 1. The van der Waals surface area contributed by atoms with Crippen LogP contribution in [0.15, 0.2) is 11.7 Å². The number of methoxy groups -OCH3 is 1. The van der Waals surface area contributed by atoms with Gasteiger partial charge in [-0.15, -0.1) is 11.3 Å². The van der Waals surface area contributed by atoms with Gasteiger partial charge in [-0.05, 0) is 12.8 Å². The van der Waals surface area contributed by atoms with E-state index in [1.54, 1.807) is 18.4 Å². The standard InChI is InChI=1S/C11H17NO2S/c1-14-10-4-2-3-5-11(10,13)6-9-7-12-8-15-9/h7-8,10,13H,2-6H2,1H3. The maximum absolute atomic E-state index is 10.6. The summed E-state index contributed by atoms with van der Waals surface area (Å²) in [6, 6.07) is 0. The SMILES string of the molecule is COC1CCCCC1(O)Cc1cncs1. The van der Waals surface area contributed by atoms with Crippen molar-refractivity contribution in [1.29, 1.82) is 0 Å². The van der Waals surface area contributed by atoms with Crippen LogP contribution in [0.1, 0.15) is 30.6 Å². The molecule has 0 aliphatic heterocycles. The summed E-state index contributed by atoms with van der Waals surface area (Å²) in [5, 5.41) is 10.6. The zero-order valence-electron chi connectivity index (χ0n) is 8.98. The van der Waals surface area contributed by atoms with E-state index >= 15 is 0 Å². The Bertz CT molecular complexity index is 302. The van der Waals surface area contributed by atoms with E-state index in [1.165, 1.54) is 0 Å². The summed E-state index contributed by atoms with van der Waals surface area (Å²) in [5.41, 5.74) is 1.13. The normalized spacial score (nSPS) is 31.7. The minimum atomic E-state index is -0.681. The lowest BCUT2D eigenvalue weighted by Gasteiger charge is -2.38. The molecule has 1 saturated carbocycles. The molecule has 1 fully saturated rings. The van der Waals surface area contributed by atoms with Crippen LogP contribution in [-0.2, 0) is 11.2 Å². The molecule has 15 heavy (non-hydrogen) atoms. The second-order valence-electron chi connectivity index (χ2n) is 4.22. The molecule has 2 unspecified atom stereocenters. The van der Waals surface area contributed by atoms with Crippen molar-refractivity contribution in [3.05, 3.63) is 16.6 Å². The third-order valence-electron chi connectivity index (χ3n) is 3.17. The Hall–Kier alpha value is -0.450. The number of rotatable bonds is 3. The predicted molar refractivity (Wildman–Crippen MR) is 60.0 cm³/mol. The van der Waals surface area contributed by atoms with E-state index in [2.05, 4.69) is 4.98 Å². The minimum Gasteiger partial charge on any atom is -0.387 e. The molecule has 0 saturated heterocycles. The molecule has 2 rings (SSSR count). The average Bonchev–Trinajstić information content (AvgIpc) is 2.70. The van der Waals surface area contributed by atoms with Gasteiger partial charge in [0.25, 0.3) is 0 Å². The van der Waals surface area contributed by atoms with E-state index in [0.717, 1.165) is 30.6 Å². The molecule has 1 aliphatic rings. The molecule has 0 radical (unpaired) electrons. The number of hydrogen-bond acceptors (Lipinski definition) is 4. The second kappa shape index (κ2) is 4.60. The van der Waals surface area contributed by atoms with Crippen molar-refractivity contribution >= 4 is 11.3 Å². The van der Waals surface area contributed by atoms with Crippen LogP contribution in [0.5, 0.6) is 0 Å². The fraction of sp³-hybridized carbons (Fsp3) is 0.727. The molecule has 1 aromatic rings. The predicted octanol–water partition coefficient (Wildman–Crippen LogP) is 2.01. The molecule has 84 valence electrons. The van der Waals surface area contributed by atoms with Gasteiger partial charge in [0.2, 0.25) is 0 Å². The Morgan fingerprint density at radius 3 is 3.20 bits per heavy atom. The summed E-state index contributed by atoms with van der Waals surface area (Å²) in [7, 11) is 1.69. The van der Waals surface area contributed by atoms with Gasteiger partial charge in [-0.1, -0.05) is 12.8 Å². The van der Waals surface area contributed by atoms with Crippen molar-refractivity contribution in [2.45, 2.75) is 43.8 Å². The molecule has 1 heterocycles. The number of aliphatic hydroxyl groups is 1. The topological polar surface area (TPSA) is 42.4 Å². The molecule has 0 aromatic carbocycles. The van der Waals surface area contributed by atoms with E-state index in [9.17, 15) is 5.11 Å². The molecule has 1 aromatic heterocycles. The van der Waals surface area contributed by atoms with Gasteiger partial charge in [0.1, 0.15) is 0 Å². The average molecular weight is 227 g/mol. The highest BCUT2D eigenvalue weighted by molar-refractivity contribution is 7.09. The van der Waals surface area contributed by atoms with Gasteiger partial charge in [-0.2, -0.15) is 0 Å². The quantitative estimate of drug-likeness (QED) is 0.859. The molecular weight excluding hydrogens is 210 g/mol. The Morgan fingerprint density at radius 2 is 2.53 bits per heavy atom. The van der Waals surface area contributed by atoms with Crippen molar-refractivity contribution in [1.82, 2.24) is 4.98 Å². The van der Waals surface area contributed by atoms with Gasteiger partial charge in [-0.25, -0.2) is 0 Å². The van der Waals surface area contributed by atoms with Crippen LogP contribution >= 0.6 is 11.3 Å². The zero-order chi connectivity index (χ0) is 10.7. The molecule has 1 N–H and O–H groups in total. The highest BCUT2D eigenvalue weighted by Crippen LogP contribution is 2.33. The highest BCUT2D eigenvalue weighted by Gasteiger charge is 2.39. The van der Waals surface area contributed by atoms with Crippen molar-refractivity contribution in [2.75, 3.05) is 7.11 Å². The van der Waals surface area contributed by atoms with Crippen molar-refractivity contribution in [2.24, 2.45) is 0 Å². The first kappa shape index (κ1) is 11.0. The molecule has 2 atom stereocenters. The minimum absolute atomic E-state index is 0.0200. The second-order valence-corrected chi connectivity index (χ2v) is 5.19. The summed E-state index contributed by atoms with van der Waals surface area (Å²) in [4.78, 5) is 5.18. The van der Waals surface area contributed by atoms with Gasteiger partial charge in [-0.3, -0.25) is 4.98 Å². The number of ether oxygens (including phenoxy) is 1. The summed E-state index contributed by atoms with van der Waals surface area (Å²) in [6.07, 6.45) is 6.54. The molecule has 4 heteroatoms. The lowest BCUT2D eigenvalue weighted by molar-refractivity contribution is -0.115. The van der Waals surface area contributed by atoms with E-state index in [1.807, 2.05) is 11.7 Å². The van der Waals surface area contributed by atoms with Crippen LogP contribution in [0.2, 0.25) is 0 Å². The first-order valence-electron chi connectivity index (χ1n) is 5.37. The van der Waals surface area contributed by atoms with Gasteiger partial charge >= 0.3 is 0 Å². The number of hydrogen-bond donors (Lipinski definition) is 1. The van der Waals surface area contributed by atoms with Crippen LogP contribution in [0.4, 0.5) is 0 Å². The molecule has 0 spiro atoms. The molecule has 3 nitrogen and oxygen atoms in total. The van der Waals surface area contributed by atoms with Crippen molar-refractivity contribution in [3.63, 3.8) is 0 Å². The van der Waals surface area contributed by atoms with Gasteiger partial charge in [0.15, 0.2) is 0 Å². The summed E-state index contributed by atoms with van der Waals surface area (Å²) >= 11 is 1.60. The first-order valence-corrected chi connectivity index (χ1v) is 6.25. The summed E-state index contributed by atoms with van der Waals surface area (Å²) in [6.45, 7) is 0. The fourth-order valence-corrected chi connectivity index (χ4v) is 3.07. The molecule has 0 amide bonds. The number of thiazole rings is 1. The van der Waals surface area contributed by atoms with Crippen LogP contribution in [0, 0.1) is 0 Å². The van der Waals surface area contributed by atoms with Crippen molar-refractivity contribution in [3.8, 4) is 0 Å². The smallest absolute Gasteiger partial charge is 0.0956 e. The third-order valence-corrected chi connectivity index (χ3v) is 3.95. The highest BCUT2D eigenvalue weighted by atomic mass is 32.1. The first-order chi connectivity index (χ1) is 7.24. The van der Waals surface area contributed by atoms with Crippen molar-refractivity contribution < 1.29 is 9.84 Å². The summed E-state index contributed by atoms with van der Waals surface area (Å²) in [5.74, 6) is 0. The van der Waals surface area contributed by atoms with Gasteiger partial charge in [0, 0.05) is 24.6 Å². The molecule has 1 aliphatic carbocycles. The van der Waals surface area contributed by atoms with Crippen LogP contribution in [0.3, 0.4) is 0 Å². The van der Waals surface area contributed by atoms with E-state index < -0.39 is 5.60 Å². The Morgan fingerprint density at radius 1 is 1.67 bits per heavy atom. The van der Waals surface area contributed by atoms with E-state index in [-0.39, 0.29) is 6.10 Å². The maximum atomic E-state index is 10.6. The Balaban J connectivity index is 2.09. The van der Waals surface area contributed by atoms with E-state index in [4.69, 9.17) is 4.74 Å². The largest absolute Gasteiger partial charge is 0.387 e. The Labute approximate surface area is 94.1 Å². The molecular formula is C11H17NO2S. The zero-order valence-corrected chi connectivity index (χ0v) is 9.80. The fourth-order valence-electron chi connectivity index (χ4n) is 2.36. The Kier molecular flexibility index (Phi) is 3.38. The third kappa shape index (κ3) is 2.38. The number of aromatic nitrogens is 1. The van der Waals surface area contributed by atoms with Gasteiger partial charge < -0.3 is 9.84 Å². The van der Waals surface area contributed by atoms with Gasteiger partial charge in [0.05, 0.1) is 17.2 Å². The van der Waals surface area contributed by atoms with E-state index in [0.29, 0.717) is 6.42 Å².